The van der Waals surface area contributed by atoms with Crippen LogP contribution in [0.3, 0.4) is 0 Å². The molecule has 2 bridgehead atoms. The van der Waals surface area contributed by atoms with Gasteiger partial charge >= 0.3 is 11.9 Å². The monoisotopic (exact) mass is 448 g/mol. The minimum atomic E-state index is -0.761. The van der Waals surface area contributed by atoms with E-state index in [1.54, 1.807) is 0 Å². The van der Waals surface area contributed by atoms with Gasteiger partial charge in [0.1, 0.15) is 11.2 Å². The Labute approximate surface area is 197 Å². The normalized spacial score (nSPS) is 38.3. The molecule has 0 aliphatic heterocycles. The maximum absolute atomic E-state index is 13.6. The third-order valence-electron chi connectivity index (χ3n) is 8.26. The summed E-state index contributed by atoms with van der Waals surface area (Å²) in [5.41, 5.74) is 1.40. The molecule has 33 heavy (non-hydrogen) atoms. The summed E-state index contributed by atoms with van der Waals surface area (Å²) in [6.07, 6.45) is 16.2. The number of hydrogen-bond donors (Lipinski definition) is 0. The summed E-state index contributed by atoms with van der Waals surface area (Å²) in [7, 11) is 0. The molecular formula is C29H36O4. The zero-order chi connectivity index (χ0) is 24.3. The second-order valence-corrected chi connectivity index (χ2v) is 11.2. The summed E-state index contributed by atoms with van der Waals surface area (Å²) in [6, 6.07) is 0. The molecule has 0 saturated carbocycles. The van der Waals surface area contributed by atoms with Gasteiger partial charge in [-0.3, -0.25) is 0 Å². The van der Waals surface area contributed by atoms with Crippen LogP contribution in [0, 0.1) is 29.1 Å². The van der Waals surface area contributed by atoms with Gasteiger partial charge in [0.2, 0.25) is 0 Å². The molecule has 0 amide bonds. The van der Waals surface area contributed by atoms with Gasteiger partial charge in [0.05, 0.1) is 11.1 Å². The highest BCUT2D eigenvalue weighted by Gasteiger charge is 2.56. The Balaban J connectivity index is 1.66. The molecular weight excluding hydrogens is 412 g/mol. The molecule has 4 rings (SSSR count). The van der Waals surface area contributed by atoms with Crippen LogP contribution in [-0.4, -0.2) is 23.1 Å². The fraction of sp³-hybridized carbons (Fsp3) is 0.517. The fourth-order valence-electron chi connectivity index (χ4n) is 5.55. The van der Waals surface area contributed by atoms with Crippen molar-refractivity contribution in [1.82, 2.24) is 0 Å². The van der Waals surface area contributed by atoms with Crippen molar-refractivity contribution in [2.75, 3.05) is 0 Å². The molecule has 4 nitrogen and oxygen atoms in total. The first-order valence-electron chi connectivity index (χ1n) is 11.9. The van der Waals surface area contributed by atoms with Gasteiger partial charge in [-0.1, -0.05) is 75.3 Å². The Morgan fingerprint density at radius 2 is 1.09 bits per heavy atom. The van der Waals surface area contributed by atoms with E-state index in [1.807, 2.05) is 78.0 Å². The van der Waals surface area contributed by atoms with Crippen LogP contribution < -0.4 is 0 Å². The van der Waals surface area contributed by atoms with Gasteiger partial charge in [0.25, 0.3) is 0 Å². The molecule has 6 unspecified atom stereocenters. The van der Waals surface area contributed by atoms with Crippen LogP contribution in [0.2, 0.25) is 0 Å². The number of fused-ring (bicyclic) bond motifs is 2. The van der Waals surface area contributed by atoms with Gasteiger partial charge in [-0.15, -0.1) is 0 Å². The number of allylic oxidation sites excluding steroid dienone is 6. The molecule has 4 heteroatoms. The first kappa shape index (κ1) is 23.5. The lowest BCUT2D eigenvalue weighted by atomic mass is 9.77. The number of esters is 2. The fourth-order valence-corrected chi connectivity index (χ4v) is 5.55. The van der Waals surface area contributed by atoms with Crippen molar-refractivity contribution in [1.29, 1.82) is 0 Å². The topological polar surface area (TPSA) is 52.6 Å². The largest absolute Gasteiger partial charge is 0.451 e. The summed E-state index contributed by atoms with van der Waals surface area (Å²) in [6.45, 7) is 16.2. The van der Waals surface area contributed by atoms with E-state index >= 15 is 0 Å². The average Bonchev–Trinajstić information content (AvgIpc) is 3.14. The summed E-state index contributed by atoms with van der Waals surface area (Å²) in [5, 5.41) is 0. The van der Waals surface area contributed by atoms with Crippen LogP contribution in [0.5, 0.6) is 0 Å². The van der Waals surface area contributed by atoms with E-state index in [2.05, 4.69) is 26.0 Å². The van der Waals surface area contributed by atoms with Gasteiger partial charge in [-0.2, -0.15) is 0 Å². The van der Waals surface area contributed by atoms with Gasteiger partial charge < -0.3 is 9.47 Å². The number of rotatable bonds is 4. The van der Waals surface area contributed by atoms with E-state index in [9.17, 15) is 9.59 Å². The highest BCUT2D eigenvalue weighted by molar-refractivity contribution is 6.04. The van der Waals surface area contributed by atoms with Crippen LogP contribution in [0.25, 0.3) is 0 Å². The molecule has 0 spiro atoms. The molecule has 0 aromatic carbocycles. The molecule has 4 aliphatic carbocycles. The van der Waals surface area contributed by atoms with Crippen LogP contribution in [0.15, 0.2) is 70.9 Å². The summed E-state index contributed by atoms with van der Waals surface area (Å²) in [4.78, 5) is 27.2. The SMILES string of the molecule is CC1=CC(C)C(C)(OC(=O)C2=C(C(=O)OC3(C)C=CC(C)=CC3C)C3C=CC2C3(C)C)C=C1. The minimum absolute atomic E-state index is 0.0340. The average molecular weight is 449 g/mol. The molecule has 0 N–H and O–H groups in total. The molecule has 0 aromatic rings. The summed E-state index contributed by atoms with van der Waals surface area (Å²) >= 11 is 0. The zero-order valence-electron chi connectivity index (χ0n) is 21.1. The molecule has 0 aromatic heterocycles. The zero-order valence-corrected chi connectivity index (χ0v) is 21.1. The van der Waals surface area contributed by atoms with Gasteiger partial charge in [-0.05, 0) is 45.3 Å². The summed E-state index contributed by atoms with van der Waals surface area (Å²) in [5.74, 6) is -1.12. The number of carbonyl (C=O) groups excluding carboxylic acids is 2. The second-order valence-electron chi connectivity index (χ2n) is 11.2. The lowest BCUT2D eigenvalue weighted by molar-refractivity contribution is -0.155. The van der Waals surface area contributed by atoms with Crippen molar-refractivity contribution in [2.45, 2.75) is 66.6 Å². The van der Waals surface area contributed by atoms with E-state index in [1.165, 1.54) is 0 Å². The maximum Gasteiger partial charge on any atom is 0.336 e. The molecule has 0 saturated heterocycles. The predicted octanol–water partition coefficient (Wildman–Crippen LogP) is 6.03. The first-order chi connectivity index (χ1) is 15.3. The van der Waals surface area contributed by atoms with E-state index < -0.39 is 23.1 Å². The van der Waals surface area contributed by atoms with E-state index in [0.717, 1.165) is 11.1 Å². The van der Waals surface area contributed by atoms with Crippen molar-refractivity contribution in [3.8, 4) is 0 Å². The lowest BCUT2D eigenvalue weighted by Gasteiger charge is -2.35. The second kappa shape index (κ2) is 7.72. The Morgan fingerprint density at radius 1 is 0.727 bits per heavy atom. The molecule has 176 valence electrons. The van der Waals surface area contributed by atoms with Crippen LogP contribution in [0.4, 0.5) is 0 Å². The maximum atomic E-state index is 13.6. The highest BCUT2D eigenvalue weighted by Crippen LogP contribution is 2.57. The number of carbonyl (C=O) groups is 2. The van der Waals surface area contributed by atoms with Crippen molar-refractivity contribution < 1.29 is 19.1 Å². The molecule has 0 radical (unpaired) electrons. The van der Waals surface area contributed by atoms with Crippen LogP contribution >= 0.6 is 0 Å². The van der Waals surface area contributed by atoms with Crippen LogP contribution in [-0.2, 0) is 19.1 Å². The number of ether oxygens (including phenoxy) is 2. The third kappa shape index (κ3) is 3.78. The minimum Gasteiger partial charge on any atom is -0.451 e. The Hall–Kier alpha value is -2.62. The van der Waals surface area contributed by atoms with Gasteiger partial charge in [0, 0.05) is 23.7 Å². The van der Waals surface area contributed by atoms with Gasteiger partial charge in [0.15, 0.2) is 0 Å². The lowest BCUT2D eigenvalue weighted by Crippen LogP contribution is -2.39. The van der Waals surface area contributed by atoms with Crippen molar-refractivity contribution in [3.63, 3.8) is 0 Å². The van der Waals surface area contributed by atoms with Gasteiger partial charge in [-0.25, -0.2) is 9.59 Å². The van der Waals surface area contributed by atoms with E-state index in [4.69, 9.17) is 9.47 Å². The van der Waals surface area contributed by atoms with Crippen molar-refractivity contribution in [2.24, 2.45) is 29.1 Å². The quantitative estimate of drug-likeness (QED) is 0.389. The Morgan fingerprint density at radius 3 is 1.42 bits per heavy atom. The molecule has 6 atom stereocenters. The van der Waals surface area contributed by atoms with E-state index in [-0.39, 0.29) is 29.1 Å². The molecule has 0 fully saturated rings. The smallest absolute Gasteiger partial charge is 0.336 e. The van der Waals surface area contributed by atoms with Crippen molar-refractivity contribution >= 4 is 11.9 Å². The third-order valence-corrected chi connectivity index (χ3v) is 8.26. The van der Waals surface area contributed by atoms with Crippen LogP contribution in [0.1, 0.15) is 55.4 Å². The van der Waals surface area contributed by atoms with E-state index in [0.29, 0.717) is 11.1 Å². The van der Waals surface area contributed by atoms with Crippen molar-refractivity contribution in [3.05, 3.63) is 70.9 Å². The molecule has 4 aliphatic rings. The highest BCUT2D eigenvalue weighted by atomic mass is 16.6. The summed E-state index contributed by atoms with van der Waals surface area (Å²) < 4.78 is 12.2. The Kier molecular flexibility index (Phi) is 5.50. The molecule has 0 heterocycles. The number of hydrogen-bond acceptors (Lipinski definition) is 4. The Bertz CT molecular complexity index is 997. The standard InChI is InChI=1S/C29H36O4/c1-17-11-13-28(7,19(3)15-17)32-25(30)23-21-9-10-22(27(21,5)6)24(23)26(31)33-29(8)14-12-18(2)16-20(29)4/h9-16,19-22H,1-8H3. The first-order valence-corrected chi connectivity index (χ1v) is 11.9. The predicted molar refractivity (Wildman–Crippen MR) is 130 cm³/mol.